The summed E-state index contributed by atoms with van der Waals surface area (Å²) in [4.78, 5) is 7.12. The maximum Gasteiger partial charge on any atom is 0.237 e. The summed E-state index contributed by atoms with van der Waals surface area (Å²) in [6.07, 6.45) is 1.16. The van der Waals surface area contributed by atoms with Crippen LogP contribution >= 0.6 is 0 Å². The van der Waals surface area contributed by atoms with E-state index in [2.05, 4.69) is 52.0 Å². The van der Waals surface area contributed by atoms with E-state index in [0.717, 1.165) is 30.4 Å². The van der Waals surface area contributed by atoms with Crippen molar-refractivity contribution in [2.45, 2.75) is 26.2 Å². The molecule has 21 heavy (non-hydrogen) atoms. The summed E-state index contributed by atoms with van der Waals surface area (Å²) in [5, 5.41) is 3.25. The number of fused-ring (bicyclic) bond motifs is 1. The third-order valence-corrected chi connectivity index (χ3v) is 4.48. The van der Waals surface area contributed by atoms with Gasteiger partial charge in [0.1, 0.15) is 0 Å². The van der Waals surface area contributed by atoms with Crippen LogP contribution < -0.4 is 14.8 Å². The maximum absolute atomic E-state index is 4.78. The zero-order chi connectivity index (χ0) is 15.0. The first-order chi connectivity index (χ1) is 10.2. The Morgan fingerprint density at radius 1 is 1.38 bits per heavy atom. The highest BCUT2D eigenvalue weighted by Crippen LogP contribution is 2.41. The van der Waals surface area contributed by atoms with Gasteiger partial charge < -0.3 is 10.2 Å². The molecular weight excluding hydrogens is 260 g/mol. The van der Waals surface area contributed by atoms with Gasteiger partial charge in [0.2, 0.25) is 17.5 Å². The zero-order valence-corrected chi connectivity index (χ0v) is 13.2. The van der Waals surface area contributed by atoms with Gasteiger partial charge in [-0.3, -0.25) is 0 Å². The van der Waals surface area contributed by atoms with Crippen molar-refractivity contribution in [2.24, 2.45) is 7.05 Å². The Bertz CT molecular complexity index is 666. The van der Waals surface area contributed by atoms with E-state index in [9.17, 15) is 0 Å². The van der Waals surface area contributed by atoms with Gasteiger partial charge in [-0.05, 0) is 18.1 Å². The van der Waals surface area contributed by atoms with Crippen molar-refractivity contribution < 1.29 is 4.57 Å². The molecule has 110 valence electrons. The number of rotatable bonds is 3. The van der Waals surface area contributed by atoms with Gasteiger partial charge in [-0.15, -0.1) is 0 Å². The third-order valence-electron chi connectivity index (χ3n) is 4.48. The highest BCUT2D eigenvalue weighted by Gasteiger charge is 2.30. The Hall–Kier alpha value is -2.10. The first-order valence-corrected chi connectivity index (χ1v) is 7.57. The lowest BCUT2D eigenvalue weighted by Gasteiger charge is -2.17. The van der Waals surface area contributed by atoms with Crippen LogP contribution in [-0.4, -0.2) is 18.6 Å². The number of nitrogens with one attached hydrogen (secondary N) is 1. The van der Waals surface area contributed by atoms with Crippen LogP contribution in [0.15, 0.2) is 30.3 Å². The molecule has 3 rings (SSSR count). The summed E-state index contributed by atoms with van der Waals surface area (Å²) < 4.78 is 2.07. The lowest BCUT2D eigenvalue weighted by Crippen LogP contribution is -2.37. The van der Waals surface area contributed by atoms with E-state index in [1.807, 2.05) is 21.0 Å². The summed E-state index contributed by atoms with van der Waals surface area (Å²) in [5.41, 5.74) is 2.74. The maximum atomic E-state index is 4.78. The molecule has 0 saturated heterocycles. The molecule has 0 bridgehead atoms. The molecule has 0 fully saturated rings. The van der Waals surface area contributed by atoms with Gasteiger partial charge in [-0.25, -0.2) is 4.57 Å². The van der Waals surface area contributed by atoms with Crippen molar-refractivity contribution in [1.29, 1.82) is 0 Å². The third kappa shape index (κ3) is 2.24. The van der Waals surface area contributed by atoms with Crippen molar-refractivity contribution in [3.05, 3.63) is 41.7 Å². The molecule has 1 N–H and O–H groups in total. The number of para-hydroxylation sites is 1. The summed E-state index contributed by atoms with van der Waals surface area (Å²) in [5.74, 6) is 3.71. The molecule has 1 aliphatic heterocycles. The van der Waals surface area contributed by atoms with Gasteiger partial charge in [0, 0.05) is 32.1 Å². The fraction of sp³-hybridized carbons (Fsp3) is 0.412. The van der Waals surface area contributed by atoms with Crippen LogP contribution in [-0.2, 0) is 7.05 Å². The van der Waals surface area contributed by atoms with Crippen LogP contribution in [0.5, 0.6) is 0 Å². The van der Waals surface area contributed by atoms with Gasteiger partial charge in [0.25, 0.3) is 0 Å². The topological polar surface area (TPSA) is 32.0 Å². The summed E-state index contributed by atoms with van der Waals surface area (Å²) in [6.45, 7) is 5.32. The van der Waals surface area contributed by atoms with Crippen LogP contribution in [0.2, 0.25) is 0 Å². The lowest BCUT2D eigenvalue weighted by molar-refractivity contribution is -0.666. The highest BCUT2D eigenvalue weighted by molar-refractivity contribution is 5.69. The smallest absolute Gasteiger partial charge is 0.237 e. The van der Waals surface area contributed by atoms with Crippen molar-refractivity contribution in [3.8, 4) is 0 Å². The van der Waals surface area contributed by atoms with E-state index < -0.39 is 0 Å². The number of aryl methyl sites for hydroxylation is 1. The average molecular weight is 283 g/mol. The summed E-state index contributed by atoms with van der Waals surface area (Å²) >= 11 is 0. The second kappa shape index (κ2) is 5.35. The van der Waals surface area contributed by atoms with E-state index in [0.29, 0.717) is 5.92 Å². The van der Waals surface area contributed by atoms with E-state index in [4.69, 9.17) is 4.98 Å². The quantitative estimate of drug-likeness (QED) is 0.879. The van der Waals surface area contributed by atoms with Crippen LogP contribution in [0.3, 0.4) is 0 Å². The molecule has 0 spiro atoms. The molecule has 0 amide bonds. The molecule has 0 saturated carbocycles. The van der Waals surface area contributed by atoms with E-state index in [1.54, 1.807) is 0 Å². The Balaban J connectivity index is 2.08. The van der Waals surface area contributed by atoms with Crippen LogP contribution in [0.25, 0.3) is 0 Å². The molecule has 1 aromatic carbocycles. The van der Waals surface area contributed by atoms with Gasteiger partial charge >= 0.3 is 0 Å². The molecule has 1 aliphatic rings. The average Bonchev–Trinajstić information content (AvgIpc) is 2.89. The number of anilines is 3. The van der Waals surface area contributed by atoms with Gasteiger partial charge in [0.15, 0.2) is 0 Å². The van der Waals surface area contributed by atoms with Crippen molar-refractivity contribution in [3.63, 3.8) is 0 Å². The van der Waals surface area contributed by atoms with Gasteiger partial charge in [0.05, 0.1) is 13.1 Å². The Kier molecular flexibility index (Phi) is 3.53. The van der Waals surface area contributed by atoms with E-state index >= 15 is 0 Å². The molecule has 1 atom stereocenters. The Labute approximate surface area is 126 Å². The monoisotopic (exact) mass is 283 g/mol. The molecule has 1 aromatic heterocycles. The predicted octanol–water partition coefficient (Wildman–Crippen LogP) is 2.90. The summed E-state index contributed by atoms with van der Waals surface area (Å²) in [7, 11) is 3.98. The number of hydrogen-bond donors (Lipinski definition) is 1. The first kappa shape index (κ1) is 13.9. The molecule has 2 aromatic rings. The van der Waals surface area contributed by atoms with Crippen LogP contribution in [0.1, 0.15) is 30.7 Å². The number of nitrogens with zero attached hydrogens (tertiary/aromatic N) is 3. The molecular formula is C17H23N4+. The van der Waals surface area contributed by atoms with Gasteiger partial charge in [-0.2, -0.15) is 0 Å². The minimum atomic E-state index is 0.593. The minimum Gasteiger partial charge on any atom is -0.312 e. The second-order valence-electron chi connectivity index (χ2n) is 5.63. The van der Waals surface area contributed by atoms with Crippen LogP contribution in [0, 0.1) is 6.92 Å². The molecule has 1 unspecified atom stereocenters. The first-order valence-electron chi connectivity index (χ1n) is 7.57. The SMILES string of the molecule is CCC1CN(c2cc(NC)[n+](C)c(C)n2)c2ccccc21. The number of aromatic nitrogens is 2. The molecule has 2 heterocycles. The Morgan fingerprint density at radius 3 is 2.86 bits per heavy atom. The normalized spacial score (nSPS) is 17.0. The fourth-order valence-corrected chi connectivity index (χ4v) is 3.11. The van der Waals surface area contributed by atoms with E-state index in [1.165, 1.54) is 11.3 Å². The molecule has 4 heteroatoms. The standard InChI is InChI=1S/C17H22N4/c1-5-13-11-21(15-9-7-6-8-14(13)15)17-10-16(18-3)20(4)12(2)19-17/h6-10,13H,5,11H2,1-4H3/p+1. The van der Waals surface area contributed by atoms with Crippen molar-refractivity contribution >= 4 is 17.3 Å². The van der Waals surface area contributed by atoms with Crippen molar-refractivity contribution in [2.75, 3.05) is 23.8 Å². The lowest BCUT2D eigenvalue weighted by atomic mass is 9.99. The molecule has 0 aliphatic carbocycles. The second-order valence-corrected chi connectivity index (χ2v) is 5.63. The van der Waals surface area contributed by atoms with Crippen molar-refractivity contribution in [1.82, 2.24) is 4.98 Å². The molecule has 4 nitrogen and oxygen atoms in total. The van der Waals surface area contributed by atoms with Crippen LogP contribution in [0.4, 0.5) is 17.3 Å². The Morgan fingerprint density at radius 2 is 2.14 bits per heavy atom. The molecule has 0 radical (unpaired) electrons. The summed E-state index contributed by atoms with van der Waals surface area (Å²) in [6, 6.07) is 10.8. The largest absolute Gasteiger partial charge is 0.312 e. The number of hydrogen-bond acceptors (Lipinski definition) is 3. The zero-order valence-electron chi connectivity index (χ0n) is 13.2. The van der Waals surface area contributed by atoms with E-state index in [-0.39, 0.29) is 0 Å². The predicted molar refractivity (Wildman–Crippen MR) is 86.2 cm³/mol. The fourth-order valence-electron chi connectivity index (χ4n) is 3.11. The number of benzene rings is 1. The minimum absolute atomic E-state index is 0.593. The van der Waals surface area contributed by atoms with Gasteiger partial charge in [-0.1, -0.05) is 30.1 Å². The highest BCUT2D eigenvalue weighted by atomic mass is 15.2.